The van der Waals surface area contributed by atoms with Crippen LogP contribution in [0.3, 0.4) is 0 Å². The van der Waals surface area contributed by atoms with Gasteiger partial charge in [0.15, 0.2) is 0 Å². The molecule has 0 aliphatic rings. The zero-order valence-electron chi connectivity index (χ0n) is 7.50. The third-order valence-corrected chi connectivity index (χ3v) is 1.97. The van der Waals surface area contributed by atoms with Gasteiger partial charge in [0.1, 0.15) is 5.82 Å². The molecule has 1 radical (unpaired) electrons. The minimum absolute atomic E-state index is 0.236. The van der Waals surface area contributed by atoms with Gasteiger partial charge >= 0.3 is 0 Å². The van der Waals surface area contributed by atoms with Crippen molar-refractivity contribution in [2.24, 2.45) is 0 Å². The predicted molar refractivity (Wildman–Crippen MR) is 50.0 cm³/mol. The van der Waals surface area contributed by atoms with Gasteiger partial charge in [0.05, 0.1) is 11.4 Å². The topological polar surface area (TPSA) is 41.6 Å². The molecule has 0 saturated heterocycles. The van der Waals surface area contributed by atoms with Crippen LogP contribution in [0.2, 0.25) is 0 Å². The summed E-state index contributed by atoms with van der Waals surface area (Å²) in [6.07, 6.45) is 0.573. The van der Waals surface area contributed by atoms with Crippen molar-refractivity contribution in [3.63, 3.8) is 0 Å². The van der Waals surface area contributed by atoms with Crippen LogP contribution in [0, 0.1) is 12.7 Å². The van der Waals surface area contributed by atoms with E-state index in [0.29, 0.717) is 12.1 Å². The molecule has 0 atom stereocenters. The molecule has 1 N–H and O–H groups in total. The number of nitrogens with one attached hydrogen (secondary N) is 1. The Kier molecular flexibility index (Phi) is 2.26. The van der Waals surface area contributed by atoms with Crippen LogP contribution in [0.25, 0.3) is 0 Å². The summed E-state index contributed by atoms with van der Waals surface area (Å²) >= 11 is 0. The summed E-state index contributed by atoms with van der Waals surface area (Å²) in [4.78, 5) is 0. The van der Waals surface area contributed by atoms with Gasteiger partial charge in [-0.1, -0.05) is 17.3 Å². The van der Waals surface area contributed by atoms with Crippen LogP contribution >= 0.6 is 0 Å². The van der Waals surface area contributed by atoms with Crippen molar-refractivity contribution in [2.45, 2.75) is 6.42 Å². The van der Waals surface area contributed by atoms with Crippen molar-refractivity contribution in [3.05, 3.63) is 54.0 Å². The van der Waals surface area contributed by atoms with Crippen molar-refractivity contribution >= 4 is 0 Å². The maximum Gasteiger partial charge on any atom is 0.123 e. The van der Waals surface area contributed by atoms with E-state index < -0.39 is 0 Å². The first-order chi connectivity index (χ1) is 6.75. The smallest absolute Gasteiger partial charge is 0.123 e. The largest absolute Gasteiger partial charge is 0.262 e. The third-order valence-electron chi connectivity index (χ3n) is 1.97. The molecule has 3 nitrogen and oxygen atoms in total. The standard InChI is InChI=1S/C10H9FN3/c1-7-10(13-14-12-7)6-8-3-2-4-9(11)5-8/h2-5H,1,6H2,(H,12,13,14). The maximum atomic E-state index is 12.8. The highest BCUT2D eigenvalue weighted by molar-refractivity contribution is 5.24. The molecule has 0 aliphatic carbocycles. The van der Waals surface area contributed by atoms with E-state index in [-0.39, 0.29) is 5.82 Å². The fourth-order valence-corrected chi connectivity index (χ4v) is 1.26. The van der Waals surface area contributed by atoms with Gasteiger partial charge in [-0.2, -0.15) is 0 Å². The van der Waals surface area contributed by atoms with E-state index in [2.05, 4.69) is 22.3 Å². The Morgan fingerprint density at radius 2 is 2.29 bits per heavy atom. The van der Waals surface area contributed by atoms with E-state index in [0.717, 1.165) is 11.3 Å². The number of hydrogen-bond donors (Lipinski definition) is 1. The zero-order valence-corrected chi connectivity index (χ0v) is 7.50. The SMILES string of the molecule is [CH2]c1nn[nH]c1Cc1cccc(F)c1. The van der Waals surface area contributed by atoms with Gasteiger partial charge in [-0.25, -0.2) is 4.39 Å². The Morgan fingerprint density at radius 3 is 2.93 bits per heavy atom. The van der Waals surface area contributed by atoms with Crippen molar-refractivity contribution in [3.8, 4) is 0 Å². The highest BCUT2D eigenvalue weighted by atomic mass is 19.1. The summed E-state index contributed by atoms with van der Waals surface area (Å²) in [7, 11) is 0. The lowest BCUT2D eigenvalue weighted by molar-refractivity contribution is 0.626. The average Bonchev–Trinajstić information content (AvgIpc) is 2.52. The van der Waals surface area contributed by atoms with E-state index in [1.807, 2.05) is 6.07 Å². The minimum atomic E-state index is -0.236. The zero-order chi connectivity index (χ0) is 9.97. The summed E-state index contributed by atoms with van der Waals surface area (Å²) < 4.78 is 12.8. The highest BCUT2D eigenvalue weighted by Gasteiger charge is 2.03. The number of hydrogen-bond acceptors (Lipinski definition) is 2. The molecule has 1 aromatic heterocycles. The molecule has 0 aliphatic heterocycles. The highest BCUT2D eigenvalue weighted by Crippen LogP contribution is 2.10. The van der Waals surface area contributed by atoms with Crippen LogP contribution in [0.15, 0.2) is 24.3 Å². The summed E-state index contributed by atoms with van der Waals surface area (Å²) in [5, 5.41) is 10.1. The number of nitrogens with zero attached hydrogens (tertiary/aromatic N) is 2. The van der Waals surface area contributed by atoms with Gasteiger partial charge in [0.2, 0.25) is 0 Å². The number of aromatic amines is 1. The minimum Gasteiger partial charge on any atom is -0.262 e. The normalized spacial score (nSPS) is 10.4. The lowest BCUT2D eigenvalue weighted by Crippen LogP contribution is -1.91. The van der Waals surface area contributed by atoms with Gasteiger partial charge in [-0.3, -0.25) is 5.10 Å². The summed E-state index contributed by atoms with van der Waals surface area (Å²) in [5.74, 6) is -0.236. The van der Waals surface area contributed by atoms with E-state index in [1.54, 1.807) is 6.07 Å². The van der Waals surface area contributed by atoms with Gasteiger partial charge in [0.25, 0.3) is 0 Å². The summed E-state index contributed by atoms with van der Waals surface area (Å²) in [6, 6.07) is 6.43. The van der Waals surface area contributed by atoms with E-state index in [4.69, 9.17) is 0 Å². The van der Waals surface area contributed by atoms with Crippen molar-refractivity contribution in [1.82, 2.24) is 15.4 Å². The Morgan fingerprint density at radius 1 is 1.43 bits per heavy atom. The Bertz CT molecular complexity index is 436. The van der Waals surface area contributed by atoms with Gasteiger partial charge in [-0.15, -0.1) is 5.10 Å². The van der Waals surface area contributed by atoms with Gasteiger partial charge in [0, 0.05) is 6.42 Å². The molecule has 1 aromatic carbocycles. The van der Waals surface area contributed by atoms with Crippen molar-refractivity contribution in [2.75, 3.05) is 0 Å². The number of halogens is 1. The molecule has 0 bridgehead atoms. The molecule has 1 heterocycles. The van der Waals surface area contributed by atoms with Crippen LogP contribution in [-0.2, 0) is 6.42 Å². The number of rotatable bonds is 2. The monoisotopic (exact) mass is 190 g/mol. The van der Waals surface area contributed by atoms with Gasteiger partial charge < -0.3 is 0 Å². The third kappa shape index (κ3) is 1.79. The Labute approximate surface area is 81.0 Å². The molecular weight excluding hydrogens is 181 g/mol. The predicted octanol–water partition coefficient (Wildman–Crippen LogP) is 1.72. The van der Waals surface area contributed by atoms with Gasteiger partial charge in [-0.05, 0) is 24.6 Å². The number of H-pyrrole nitrogens is 1. The van der Waals surface area contributed by atoms with E-state index in [9.17, 15) is 4.39 Å². The Balaban J connectivity index is 2.23. The lowest BCUT2D eigenvalue weighted by Gasteiger charge is -1.98. The van der Waals surface area contributed by atoms with Crippen LogP contribution < -0.4 is 0 Å². The molecule has 0 saturated carbocycles. The first kappa shape index (κ1) is 8.87. The van der Waals surface area contributed by atoms with Crippen LogP contribution in [-0.4, -0.2) is 15.4 Å². The fourth-order valence-electron chi connectivity index (χ4n) is 1.26. The summed E-state index contributed by atoms with van der Waals surface area (Å²) in [5.41, 5.74) is 2.30. The second-order valence-electron chi connectivity index (χ2n) is 3.04. The van der Waals surface area contributed by atoms with Crippen molar-refractivity contribution in [1.29, 1.82) is 0 Å². The molecule has 4 heteroatoms. The lowest BCUT2D eigenvalue weighted by atomic mass is 10.1. The van der Waals surface area contributed by atoms with Crippen molar-refractivity contribution < 1.29 is 4.39 Å². The first-order valence-corrected chi connectivity index (χ1v) is 4.22. The van der Waals surface area contributed by atoms with Crippen LogP contribution in [0.5, 0.6) is 0 Å². The van der Waals surface area contributed by atoms with Crippen LogP contribution in [0.1, 0.15) is 17.0 Å². The molecule has 0 amide bonds. The van der Waals surface area contributed by atoms with E-state index in [1.165, 1.54) is 12.1 Å². The molecule has 2 rings (SSSR count). The second kappa shape index (κ2) is 3.57. The molecule has 71 valence electrons. The fraction of sp³-hybridized carbons (Fsp3) is 0.100. The first-order valence-electron chi connectivity index (χ1n) is 4.22. The molecule has 0 unspecified atom stereocenters. The number of aromatic nitrogens is 3. The second-order valence-corrected chi connectivity index (χ2v) is 3.04. The molecule has 2 aromatic rings. The maximum absolute atomic E-state index is 12.8. The average molecular weight is 190 g/mol. The number of benzene rings is 1. The molecular formula is C10H9FN3. The Hall–Kier alpha value is -1.71. The van der Waals surface area contributed by atoms with Crippen LogP contribution in [0.4, 0.5) is 4.39 Å². The quantitative estimate of drug-likeness (QED) is 0.783. The van der Waals surface area contributed by atoms with E-state index >= 15 is 0 Å². The summed E-state index contributed by atoms with van der Waals surface area (Å²) in [6.45, 7) is 3.70. The molecule has 0 spiro atoms. The molecule has 14 heavy (non-hydrogen) atoms. The molecule has 0 fully saturated rings.